The van der Waals surface area contributed by atoms with Crippen LogP contribution in [0.15, 0.2) is 17.5 Å². The third kappa shape index (κ3) is 3.56. The molecule has 1 nitrogen and oxygen atoms in total. The first kappa shape index (κ1) is 9.31. The molecule has 1 heterocycles. The highest BCUT2D eigenvalue weighted by atomic mass is 32.1. The van der Waals surface area contributed by atoms with Crippen LogP contribution in [0.5, 0.6) is 0 Å². The van der Waals surface area contributed by atoms with Crippen molar-refractivity contribution in [2.24, 2.45) is 0 Å². The predicted octanol–water partition coefficient (Wildman–Crippen LogP) is 1.90. The Balaban J connectivity index is 2.06. The van der Waals surface area contributed by atoms with Gasteiger partial charge in [-0.15, -0.1) is 17.3 Å². The van der Waals surface area contributed by atoms with Crippen LogP contribution in [-0.2, 0) is 6.42 Å². The zero-order chi connectivity index (χ0) is 8.65. The van der Waals surface area contributed by atoms with Gasteiger partial charge in [0.05, 0.1) is 6.54 Å². The van der Waals surface area contributed by atoms with Gasteiger partial charge in [-0.3, -0.25) is 0 Å². The summed E-state index contributed by atoms with van der Waals surface area (Å²) in [6.45, 7) is 3.69. The molecule has 0 saturated heterocycles. The molecule has 0 unspecified atom stereocenters. The fourth-order valence-electron chi connectivity index (χ4n) is 0.906. The van der Waals surface area contributed by atoms with Crippen molar-refractivity contribution in [1.29, 1.82) is 0 Å². The largest absolute Gasteiger partial charge is 0.306 e. The van der Waals surface area contributed by atoms with Crippen molar-refractivity contribution in [3.8, 4) is 11.8 Å². The summed E-state index contributed by atoms with van der Waals surface area (Å²) in [5.74, 6) is 5.82. The van der Waals surface area contributed by atoms with E-state index in [-0.39, 0.29) is 0 Å². The van der Waals surface area contributed by atoms with E-state index in [0.29, 0.717) is 0 Å². The zero-order valence-electron chi connectivity index (χ0n) is 7.26. The third-order valence-electron chi connectivity index (χ3n) is 1.52. The highest BCUT2D eigenvalue weighted by Gasteiger charge is 1.90. The highest BCUT2D eigenvalue weighted by Crippen LogP contribution is 2.07. The smallest absolute Gasteiger partial charge is 0.0576 e. The maximum atomic E-state index is 3.26. The number of thiophene rings is 1. The topological polar surface area (TPSA) is 12.0 Å². The molecule has 0 radical (unpaired) electrons. The lowest BCUT2D eigenvalue weighted by molar-refractivity contribution is 0.759. The summed E-state index contributed by atoms with van der Waals surface area (Å²) < 4.78 is 0. The molecule has 1 aromatic heterocycles. The SMILES string of the molecule is CC#CCNCCc1cccs1. The van der Waals surface area contributed by atoms with Gasteiger partial charge >= 0.3 is 0 Å². The van der Waals surface area contributed by atoms with Crippen molar-refractivity contribution in [3.05, 3.63) is 22.4 Å². The molecular weight excluding hydrogens is 166 g/mol. The van der Waals surface area contributed by atoms with Crippen LogP contribution in [0, 0.1) is 11.8 Å². The maximum Gasteiger partial charge on any atom is 0.0576 e. The molecule has 1 aromatic rings. The highest BCUT2D eigenvalue weighted by molar-refractivity contribution is 7.09. The van der Waals surface area contributed by atoms with E-state index in [9.17, 15) is 0 Å². The molecule has 0 fully saturated rings. The monoisotopic (exact) mass is 179 g/mol. The molecule has 2 heteroatoms. The van der Waals surface area contributed by atoms with Gasteiger partial charge in [0.1, 0.15) is 0 Å². The molecule has 0 aliphatic heterocycles. The van der Waals surface area contributed by atoms with Gasteiger partial charge in [-0.05, 0) is 24.8 Å². The van der Waals surface area contributed by atoms with Gasteiger partial charge < -0.3 is 5.32 Å². The second-order valence-corrected chi connectivity index (χ2v) is 3.47. The summed E-state index contributed by atoms with van der Waals surface area (Å²) in [4.78, 5) is 1.44. The molecule has 0 saturated carbocycles. The van der Waals surface area contributed by atoms with Crippen LogP contribution in [0.4, 0.5) is 0 Å². The Morgan fingerprint density at radius 3 is 3.17 bits per heavy atom. The van der Waals surface area contributed by atoms with E-state index < -0.39 is 0 Å². The first-order valence-corrected chi connectivity index (χ1v) is 4.94. The summed E-state index contributed by atoms with van der Waals surface area (Å²) in [5.41, 5.74) is 0. The Kier molecular flexibility index (Phi) is 4.51. The predicted molar refractivity (Wildman–Crippen MR) is 54.3 cm³/mol. The van der Waals surface area contributed by atoms with Crippen LogP contribution in [-0.4, -0.2) is 13.1 Å². The Morgan fingerprint density at radius 1 is 1.58 bits per heavy atom. The van der Waals surface area contributed by atoms with Gasteiger partial charge in [-0.2, -0.15) is 0 Å². The molecular formula is C10H13NS. The summed E-state index contributed by atoms with van der Waals surface area (Å²) in [6, 6.07) is 4.25. The lowest BCUT2D eigenvalue weighted by atomic mass is 10.3. The van der Waals surface area contributed by atoms with Crippen molar-refractivity contribution in [2.75, 3.05) is 13.1 Å². The molecule has 0 bridgehead atoms. The number of nitrogens with one attached hydrogen (secondary N) is 1. The van der Waals surface area contributed by atoms with Gasteiger partial charge in [0.25, 0.3) is 0 Å². The Labute approximate surface area is 77.8 Å². The van der Waals surface area contributed by atoms with E-state index in [1.165, 1.54) is 4.88 Å². The van der Waals surface area contributed by atoms with E-state index in [4.69, 9.17) is 0 Å². The number of rotatable bonds is 4. The molecule has 0 atom stereocenters. The van der Waals surface area contributed by atoms with Crippen LogP contribution in [0.3, 0.4) is 0 Å². The molecule has 64 valence electrons. The van der Waals surface area contributed by atoms with Crippen LogP contribution in [0.1, 0.15) is 11.8 Å². The van der Waals surface area contributed by atoms with E-state index in [1.807, 2.05) is 18.3 Å². The fraction of sp³-hybridized carbons (Fsp3) is 0.400. The summed E-state index contributed by atoms with van der Waals surface area (Å²) in [6.07, 6.45) is 1.11. The quantitative estimate of drug-likeness (QED) is 0.550. The normalized spacial score (nSPS) is 9.08. The van der Waals surface area contributed by atoms with Crippen molar-refractivity contribution < 1.29 is 0 Å². The number of hydrogen-bond donors (Lipinski definition) is 1. The molecule has 0 amide bonds. The Hall–Kier alpha value is -0.780. The molecule has 0 aromatic carbocycles. The first-order chi connectivity index (χ1) is 5.93. The molecule has 1 N–H and O–H groups in total. The van der Waals surface area contributed by atoms with Gasteiger partial charge in [0.2, 0.25) is 0 Å². The van der Waals surface area contributed by atoms with Gasteiger partial charge in [-0.25, -0.2) is 0 Å². The molecule has 0 spiro atoms. The average Bonchev–Trinajstić information content (AvgIpc) is 2.57. The third-order valence-corrected chi connectivity index (χ3v) is 2.45. The molecule has 0 aliphatic rings. The fourth-order valence-corrected chi connectivity index (χ4v) is 1.61. The average molecular weight is 179 g/mol. The van der Waals surface area contributed by atoms with Crippen LogP contribution in [0.2, 0.25) is 0 Å². The minimum atomic E-state index is 0.807. The molecule has 0 aliphatic carbocycles. The summed E-state index contributed by atoms with van der Waals surface area (Å²) in [7, 11) is 0. The molecule has 1 rings (SSSR count). The summed E-state index contributed by atoms with van der Waals surface area (Å²) in [5, 5.41) is 5.37. The first-order valence-electron chi connectivity index (χ1n) is 4.06. The van der Waals surface area contributed by atoms with E-state index in [1.54, 1.807) is 0 Å². The summed E-state index contributed by atoms with van der Waals surface area (Å²) >= 11 is 1.81. The van der Waals surface area contributed by atoms with Crippen LogP contribution < -0.4 is 5.32 Å². The van der Waals surface area contributed by atoms with Crippen molar-refractivity contribution >= 4 is 11.3 Å². The van der Waals surface area contributed by atoms with Crippen molar-refractivity contribution in [1.82, 2.24) is 5.32 Å². The van der Waals surface area contributed by atoms with Crippen molar-refractivity contribution in [2.45, 2.75) is 13.3 Å². The second-order valence-electron chi connectivity index (χ2n) is 2.43. The second kappa shape index (κ2) is 5.82. The maximum absolute atomic E-state index is 3.26. The van der Waals surface area contributed by atoms with E-state index in [0.717, 1.165) is 19.5 Å². The van der Waals surface area contributed by atoms with Crippen LogP contribution in [0.25, 0.3) is 0 Å². The van der Waals surface area contributed by atoms with Crippen molar-refractivity contribution in [3.63, 3.8) is 0 Å². The Morgan fingerprint density at radius 2 is 2.50 bits per heavy atom. The molecule has 12 heavy (non-hydrogen) atoms. The standard InChI is InChI=1S/C10H13NS/c1-2-3-7-11-8-6-10-5-4-9-12-10/h4-5,9,11H,6-8H2,1H3. The van der Waals surface area contributed by atoms with Gasteiger partial charge in [-0.1, -0.05) is 12.0 Å². The lowest BCUT2D eigenvalue weighted by Crippen LogP contribution is -2.16. The van der Waals surface area contributed by atoms with Crippen LogP contribution >= 0.6 is 11.3 Å². The van der Waals surface area contributed by atoms with E-state index >= 15 is 0 Å². The minimum Gasteiger partial charge on any atom is -0.306 e. The van der Waals surface area contributed by atoms with Gasteiger partial charge in [0, 0.05) is 11.4 Å². The minimum absolute atomic E-state index is 0.807. The Bertz CT molecular complexity index is 253. The zero-order valence-corrected chi connectivity index (χ0v) is 8.08. The lowest BCUT2D eigenvalue weighted by Gasteiger charge is -1.97. The van der Waals surface area contributed by atoms with E-state index in [2.05, 4.69) is 34.7 Å². The number of hydrogen-bond acceptors (Lipinski definition) is 2. The van der Waals surface area contributed by atoms with Gasteiger partial charge in [0.15, 0.2) is 0 Å².